The summed E-state index contributed by atoms with van der Waals surface area (Å²) in [7, 11) is 0. The van der Waals surface area contributed by atoms with Crippen molar-refractivity contribution in [3.05, 3.63) is 12.7 Å². The topological polar surface area (TPSA) is 15.3 Å². The average molecular weight is 154 g/mol. The maximum atomic E-state index is 3.72. The van der Waals surface area contributed by atoms with Gasteiger partial charge in [-0.2, -0.15) is 0 Å². The summed E-state index contributed by atoms with van der Waals surface area (Å²) in [5.41, 5.74) is 0. The first kappa shape index (κ1) is 8.75. The van der Waals surface area contributed by atoms with Gasteiger partial charge in [0, 0.05) is 32.2 Å². The first-order chi connectivity index (χ1) is 5.33. The molecule has 2 nitrogen and oxygen atoms in total. The van der Waals surface area contributed by atoms with E-state index in [0.29, 0.717) is 6.04 Å². The molecule has 1 saturated heterocycles. The Hall–Kier alpha value is -0.340. The Morgan fingerprint density at radius 1 is 1.73 bits per heavy atom. The molecule has 1 rings (SSSR count). The largest absolute Gasteiger partial charge is 0.312 e. The number of nitrogens with one attached hydrogen (secondary N) is 1. The summed E-state index contributed by atoms with van der Waals surface area (Å²) in [5, 5.41) is 3.42. The Kier molecular flexibility index (Phi) is 3.60. The van der Waals surface area contributed by atoms with Gasteiger partial charge in [-0.25, -0.2) is 0 Å². The summed E-state index contributed by atoms with van der Waals surface area (Å²) in [6.45, 7) is 10.7. The van der Waals surface area contributed by atoms with Gasteiger partial charge in [-0.15, -0.1) is 6.58 Å². The molecular formula is C9H18N2. The summed E-state index contributed by atoms with van der Waals surface area (Å²) >= 11 is 0. The van der Waals surface area contributed by atoms with Crippen LogP contribution in [0.5, 0.6) is 0 Å². The average Bonchev–Trinajstić information content (AvgIpc) is 2.01. The van der Waals surface area contributed by atoms with Crippen LogP contribution in [-0.4, -0.2) is 37.1 Å². The third kappa shape index (κ3) is 3.04. The monoisotopic (exact) mass is 154 g/mol. The minimum Gasteiger partial charge on any atom is -0.312 e. The lowest BCUT2D eigenvalue weighted by molar-refractivity contribution is 0.210. The van der Waals surface area contributed by atoms with Gasteiger partial charge in [0.05, 0.1) is 0 Å². The van der Waals surface area contributed by atoms with E-state index >= 15 is 0 Å². The van der Waals surface area contributed by atoms with E-state index in [4.69, 9.17) is 0 Å². The van der Waals surface area contributed by atoms with Gasteiger partial charge in [0.2, 0.25) is 0 Å². The molecule has 1 atom stereocenters. The number of hydrogen-bond donors (Lipinski definition) is 1. The van der Waals surface area contributed by atoms with E-state index in [1.54, 1.807) is 0 Å². The molecule has 0 spiro atoms. The van der Waals surface area contributed by atoms with Crippen molar-refractivity contribution < 1.29 is 0 Å². The third-order valence-electron chi connectivity index (χ3n) is 2.10. The standard InChI is InChI=1S/C9H18N2/c1-3-4-6-11-7-5-10-9(2)8-11/h3,9-10H,1,4-8H2,2H3/t9-/m1/s1. The Morgan fingerprint density at radius 2 is 2.55 bits per heavy atom. The van der Waals surface area contributed by atoms with Crippen molar-refractivity contribution in [3.63, 3.8) is 0 Å². The SMILES string of the molecule is C=CCCN1CCN[C@H](C)C1. The van der Waals surface area contributed by atoms with E-state index in [-0.39, 0.29) is 0 Å². The first-order valence-electron chi connectivity index (χ1n) is 4.39. The summed E-state index contributed by atoms with van der Waals surface area (Å²) in [4.78, 5) is 2.49. The fourth-order valence-corrected chi connectivity index (χ4v) is 1.49. The van der Waals surface area contributed by atoms with Crippen LogP contribution in [0.4, 0.5) is 0 Å². The lowest BCUT2D eigenvalue weighted by Crippen LogP contribution is -2.49. The lowest BCUT2D eigenvalue weighted by atomic mass is 10.2. The molecule has 64 valence electrons. The number of hydrogen-bond acceptors (Lipinski definition) is 2. The van der Waals surface area contributed by atoms with Gasteiger partial charge < -0.3 is 10.2 Å². The molecule has 11 heavy (non-hydrogen) atoms. The van der Waals surface area contributed by atoms with Crippen LogP contribution in [0.25, 0.3) is 0 Å². The van der Waals surface area contributed by atoms with Crippen LogP contribution < -0.4 is 5.32 Å². The van der Waals surface area contributed by atoms with Crippen LogP contribution in [0.15, 0.2) is 12.7 Å². The molecule has 0 amide bonds. The number of piperazine rings is 1. The Bertz CT molecular complexity index is 123. The normalized spacial score (nSPS) is 26.8. The second-order valence-electron chi connectivity index (χ2n) is 3.23. The molecule has 1 aliphatic heterocycles. The molecule has 0 saturated carbocycles. The predicted octanol–water partition coefficient (Wildman–Crippen LogP) is 0.856. The zero-order chi connectivity index (χ0) is 8.10. The van der Waals surface area contributed by atoms with Crippen molar-refractivity contribution in [2.75, 3.05) is 26.2 Å². The van der Waals surface area contributed by atoms with Crippen LogP contribution in [0.3, 0.4) is 0 Å². The van der Waals surface area contributed by atoms with Crippen molar-refractivity contribution in [1.29, 1.82) is 0 Å². The van der Waals surface area contributed by atoms with Gasteiger partial charge in [-0.1, -0.05) is 6.08 Å². The minimum atomic E-state index is 0.661. The molecule has 0 aromatic carbocycles. The van der Waals surface area contributed by atoms with E-state index in [1.807, 2.05) is 6.08 Å². The minimum absolute atomic E-state index is 0.661. The smallest absolute Gasteiger partial charge is 0.0167 e. The van der Waals surface area contributed by atoms with E-state index < -0.39 is 0 Å². The van der Waals surface area contributed by atoms with Gasteiger partial charge >= 0.3 is 0 Å². The van der Waals surface area contributed by atoms with Crippen LogP contribution in [-0.2, 0) is 0 Å². The summed E-state index contributed by atoms with van der Waals surface area (Å²) < 4.78 is 0. The maximum Gasteiger partial charge on any atom is 0.0167 e. The molecule has 0 aromatic heterocycles. The second-order valence-corrected chi connectivity index (χ2v) is 3.23. The van der Waals surface area contributed by atoms with Gasteiger partial charge in [0.1, 0.15) is 0 Å². The van der Waals surface area contributed by atoms with E-state index in [2.05, 4.69) is 23.7 Å². The molecule has 1 fully saturated rings. The van der Waals surface area contributed by atoms with E-state index in [1.165, 1.54) is 19.6 Å². The first-order valence-corrected chi connectivity index (χ1v) is 4.39. The van der Waals surface area contributed by atoms with Gasteiger partial charge in [-0.3, -0.25) is 0 Å². The molecule has 0 bridgehead atoms. The lowest BCUT2D eigenvalue weighted by Gasteiger charge is -2.31. The van der Waals surface area contributed by atoms with Crippen LogP contribution in [0, 0.1) is 0 Å². The Morgan fingerprint density at radius 3 is 3.18 bits per heavy atom. The van der Waals surface area contributed by atoms with Gasteiger partial charge in [0.25, 0.3) is 0 Å². The summed E-state index contributed by atoms with van der Waals surface area (Å²) in [6.07, 6.45) is 3.11. The zero-order valence-electron chi connectivity index (χ0n) is 7.34. The predicted molar refractivity (Wildman–Crippen MR) is 48.7 cm³/mol. The molecule has 1 aliphatic rings. The molecule has 2 heteroatoms. The highest BCUT2D eigenvalue weighted by Gasteiger charge is 2.13. The molecule has 1 heterocycles. The van der Waals surface area contributed by atoms with Crippen molar-refractivity contribution in [3.8, 4) is 0 Å². The fraction of sp³-hybridized carbons (Fsp3) is 0.778. The van der Waals surface area contributed by atoms with Crippen molar-refractivity contribution >= 4 is 0 Å². The highest BCUT2D eigenvalue weighted by molar-refractivity contribution is 4.77. The van der Waals surface area contributed by atoms with Crippen LogP contribution in [0.1, 0.15) is 13.3 Å². The van der Waals surface area contributed by atoms with Gasteiger partial charge in [-0.05, 0) is 13.3 Å². The molecule has 0 aliphatic carbocycles. The maximum absolute atomic E-state index is 3.72. The van der Waals surface area contributed by atoms with Crippen molar-refractivity contribution in [2.45, 2.75) is 19.4 Å². The van der Waals surface area contributed by atoms with Crippen molar-refractivity contribution in [1.82, 2.24) is 10.2 Å². The fourth-order valence-electron chi connectivity index (χ4n) is 1.49. The summed E-state index contributed by atoms with van der Waals surface area (Å²) in [5.74, 6) is 0. The quantitative estimate of drug-likeness (QED) is 0.606. The highest BCUT2D eigenvalue weighted by Crippen LogP contribution is 1.99. The Balaban J connectivity index is 2.17. The number of rotatable bonds is 3. The highest BCUT2D eigenvalue weighted by atomic mass is 15.2. The van der Waals surface area contributed by atoms with Crippen molar-refractivity contribution in [2.24, 2.45) is 0 Å². The number of nitrogens with zero attached hydrogens (tertiary/aromatic N) is 1. The zero-order valence-corrected chi connectivity index (χ0v) is 7.34. The second kappa shape index (κ2) is 4.52. The molecule has 0 aromatic rings. The molecule has 0 unspecified atom stereocenters. The van der Waals surface area contributed by atoms with Crippen LogP contribution in [0.2, 0.25) is 0 Å². The molecule has 0 radical (unpaired) electrons. The van der Waals surface area contributed by atoms with Crippen LogP contribution >= 0.6 is 0 Å². The molecular weight excluding hydrogens is 136 g/mol. The van der Waals surface area contributed by atoms with E-state index in [0.717, 1.165) is 13.0 Å². The Labute approximate surface area is 69.3 Å². The third-order valence-corrected chi connectivity index (χ3v) is 2.10. The van der Waals surface area contributed by atoms with E-state index in [9.17, 15) is 0 Å². The molecule has 1 N–H and O–H groups in total. The summed E-state index contributed by atoms with van der Waals surface area (Å²) in [6, 6.07) is 0.661. The van der Waals surface area contributed by atoms with Gasteiger partial charge in [0.15, 0.2) is 0 Å².